The minimum atomic E-state index is -0.530. The highest BCUT2D eigenvalue weighted by molar-refractivity contribution is 9.10. The van der Waals surface area contributed by atoms with Crippen molar-refractivity contribution in [3.63, 3.8) is 0 Å². The Bertz CT molecular complexity index is 628. The lowest BCUT2D eigenvalue weighted by Gasteiger charge is -2.16. The van der Waals surface area contributed by atoms with Gasteiger partial charge in [0.25, 0.3) is 0 Å². The Morgan fingerprint density at radius 2 is 1.90 bits per heavy atom. The van der Waals surface area contributed by atoms with Crippen molar-refractivity contribution in [2.75, 3.05) is 6.54 Å². The topological polar surface area (TPSA) is 26.0 Å². The van der Waals surface area contributed by atoms with Crippen molar-refractivity contribution in [3.8, 4) is 0 Å². The summed E-state index contributed by atoms with van der Waals surface area (Å²) in [5.74, 6) is -1.04. The third-order valence-electron chi connectivity index (χ3n) is 3.57. The Labute approximate surface area is 132 Å². The summed E-state index contributed by atoms with van der Waals surface area (Å²) in [7, 11) is 0. The number of benzene rings is 2. The first-order valence-electron chi connectivity index (χ1n) is 6.89. The van der Waals surface area contributed by atoms with Gasteiger partial charge in [0.1, 0.15) is 11.6 Å². The van der Waals surface area contributed by atoms with Crippen LogP contribution in [0.1, 0.15) is 16.7 Å². The molecule has 0 spiro atoms. The molecule has 1 atom stereocenters. The second-order valence-electron chi connectivity index (χ2n) is 5.32. The van der Waals surface area contributed by atoms with Crippen molar-refractivity contribution in [2.45, 2.75) is 19.8 Å². The van der Waals surface area contributed by atoms with Crippen LogP contribution in [0.2, 0.25) is 0 Å². The summed E-state index contributed by atoms with van der Waals surface area (Å²) in [5, 5.41) is 0. The van der Waals surface area contributed by atoms with Gasteiger partial charge in [0.05, 0.1) is 4.47 Å². The first-order chi connectivity index (χ1) is 10.0. The van der Waals surface area contributed by atoms with Crippen molar-refractivity contribution in [2.24, 2.45) is 11.7 Å². The maximum absolute atomic E-state index is 14.0. The third-order valence-corrected chi connectivity index (χ3v) is 4.18. The van der Waals surface area contributed by atoms with Crippen LogP contribution in [0, 0.1) is 24.5 Å². The second-order valence-corrected chi connectivity index (χ2v) is 6.18. The van der Waals surface area contributed by atoms with Gasteiger partial charge in [-0.25, -0.2) is 8.78 Å². The SMILES string of the molecule is Cc1cccc(CC(CN)Cc2c(F)ccc(Br)c2F)c1. The third kappa shape index (κ3) is 4.11. The van der Waals surface area contributed by atoms with Gasteiger partial charge in [-0.05, 0) is 65.9 Å². The zero-order valence-electron chi connectivity index (χ0n) is 11.9. The lowest BCUT2D eigenvalue weighted by atomic mass is 9.91. The molecule has 112 valence electrons. The zero-order valence-corrected chi connectivity index (χ0v) is 13.5. The van der Waals surface area contributed by atoms with E-state index in [1.807, 2.05) is 25.1 Å². The zero-order chi connectivity index (χ0) is 15.4. The largest absolute Gasteiger partial charge is 0.330 e. The highest BCUT2D eigenvalue weighted by Gasteiger charge is 2.17. The standard InChI is InChI=1S/C17H18BrF2N/c1-11-3-2-4-12(7-11)8-13(10-21)9-14-16(19)6-5-15(18)17(14)20/h2-7,13H,8-10,21H2,1H3. The summed E-state index contributed by atoms with van der Waals surface area (Å²) in [4.78, 5) is 0. The highest BCUT2D eigenvalue weighted by atomic mass is 79.9. The second kappa shape index (κ2) is 7.14. The van der Waals surface area contributed by atoms with E-state index in [9.17, 15) is 8.78 Å². The molecule has 1 unspecified atom stereocenters. The summed E-state index contributed by atoms with van der Waals surface area (Å²) in [6, 6.07) is 10.8. The molecular weight excluding hydrogens is 336 g/mol. The van der Waals surface area contributed by atoms with Gasteiger partial charge in [-0.15, -0.1) is 0 Å². The molecule has 0 saturated heterocycles. The minimum absolute atomic E-state index is 0.00472. The number of aryl methyl sites for hydroxylation is 1. The Balaban J connectivity index is 2.18. The molecular formula is C17H18BrF2N. The van der Waals surface area contributed by atoms with Gasteiger partial charge in [0, 0.05) is 5.56 Å². The Morgan fingerprint density at radius 3 is 2.57 bits per heavy atom. The molecule has 2 aromatic rings. The summed E-state index contributed by atoms with van der Waals surface area (Å²) in [6.45, 7) is 2.41. The van der Waals surface area contributed by atoms with Crippen LogP contribution < -0.4 is 5.73 Å². The lowest BCUT2D eigenvalue weighted by molar-refractivity contribution is 0.483. The van der Waals surface area contributed by atoms with Crippen LogP contribution in [0.25, 0.3) is 0 Å². The van der Waals surface area contributed by atoms with E-state index in [4.69, 9.17) is 5.73 Å². The number of rotatable bonds is 5. The van der Waals surface area contributed by atoms with Gasteiger partial charge < -0.3 is 5.73 Å². The van der Waals surface area contributed by atoms with Crippen LogP contribution in [-0.4, -0.2) is 6.54 Å². The quantitative estimate of drug-likeness (QED) is 0.792. The maximum Gasteiger partial charge on any atom is 0.143 e. The van der Waals surface area contributed by atoms with Gasteiger partial charge in [0.2, 0.25) is 0 Å². The van der Waals surface area contributed by atoms with Crippen LogP contribution >= 0.6 is 15.9 Å². The fourth-order valence-electron chi connectivity index (χ4n) is 2.46. The van der Waals surface area contributed by atoms with Crippen molar-refractivity contribution in [1.82, 2.24) is 0 Å². The molecule has 4 heteroatoms. The molecule has 0 aliphatic carbocycles. The molecule has 2 rings (SSSR count). The highest BCUT2D eigenvalue weighted by Crippen LogP contribution is 2.25. The lowest BCUT2D eigenvalue weighted by Crippen LogP contribution is -2.20. The summed E-state index contributed by atoms with van der Waals surface area (Å²) in [5.41, 5.74) is 8.20. The molecule has 2 aromatic carbocycles. The van der Waals surface area contributed by atoms with Crippen LogP contribution in [0.15, 0.2) is 40.9 Å². The van der Waals surface area contributed by atoms with E-state index < -0.39 is 11.6 Å². The van der Waals surface area contributed by atoms with Crippen molar-refractivity contribution >= 4 is 15.9 Å². The van der Waals surface area contributed by atoms with Gasteiger partial charge in [-0.2, -0.15) is 0 Å². The summed E-state index contributed by atoms with van der Waals surface area (Å²) >= 11 is 3.10. The molecule has 0 amide bonds. The van der Waals surface area contributed by atoms with E-state index in [2.05, 4.69) is 22.0 Å². The normalized spacial score (nSPS) is 12.4. The van der Waals surface area contributed by atoms with Gasteiger partial charge in [0.15, 0.2) is 0 Å². The monoisotopic (exact) mass is 353 g/mol. The molecule has 2 N–H and O–H groups in total. The predicted octanol–water partition coefficient (Wildman–Crippen LogP) is 4.40. The van der Waals surface area contributed by atoms with Gasteiger partial charge in [-0.3, -0.25) is 0 Å². The molecule has 21 heavy (non-hydrogen) atoms. The van der Waals surface area contributed by atoms with Crippen molar-refractivity contribution in [3.05, 3.63) is 69.2 Å². The fraction of sp³-hybridized carbons (Fsp3) is 0.294. The van der Waals surface area contributed by atoms with E-state index >= 15 is 0 Å². The molecule has 0 radical (unpaired) electrons. The number of hydrogen-bond donors (Lipinski definition) is 1. The van der Waals surface area contributed by atoms with E-state index in [-0.39, 0.29) is 16.0 Å². The molecule has 0 aliphatic heterocycles. The minimum Gasteiger partial charge on any atom is -0.330 e. The van der Waals surface area contributed by atoms with Crippen LogP contribution in [0.4, 0.5) is 8.78 Å². The fourth-order valence-corrected chi connectivity index (χ4v) is 2.83. The average molecular weight is 354 g/mol. The van der Waals surface area contributed by atoms with E-state index in [0.717, 1.165) is 5.56 Å². The van der Waals surface area contributed by atoms with Crippen LogP contribution in [-0.2, 0) is 12.8 Å². The summed E-state index contributed by atoms with van der Waals surface area (Å²) in [6.07, 6.45) is 1.01. The van der Waals surface area contributed by atoms with E-state index in [1.165, 1.54) is 17.7 Å². The number of nitrogens with two attached hydrogens (primary N) is 1. The Morgan fingerprint density at radius 1 is 1.14 bits per heavy atom. The summed E-state index contributed by atoms with van der Waals surface area (Å²) < 4.78 is 28.1. The van der Waals surface area contributed by atoms with Crippen LogP contribution in [0.5, 0.6) is 0 Å². The molecule has 0 aliphatic rings. The van der Waals surface area contributed by atoms with Crippen LogP contribution in [0.3, 0.4) is 0 Å². The first-order valence-corrected chi connectivity index (χ1v) is 7.68. The maximum atomic E-state index is 14.0. The van der Waals surface area contributed by atoms with Crippen molar-refractivity contribution in [1.29, 1.82) is 0 Å². The molecule has 0 fully saturated rings. The van der Waals surface area contributed by atoms with Gasteiger partial charge >= 0.3 is 0 Å². The number of halogens is 3. The Kier molecular flexibility index (Phi) is 5.48. The predicted molar refractivity (Wildman–Crippen MR) is 85.2 cm³/mol. The first kappa shape index (κ1) is 16.1. The van der Waals surface area contributed by atoms with Crippen molar-refractivity contribution < 1.29 is 8.78 Å². The van der Waals surface area contributed by atoms with E-state index in [0.29, 0.717) is 19.4 Å². The molecule has 0 heterocycles. The number of hydrogen-bond acceptors (Lipinski definition) is 1. The molecule has 0 aromatic heterocycles. The molecule has 1 nitrogen and oxygen atoms in total. The van der Waals surface area contributed by atoms with E-state index in [1.54, 1.807) is 0 Å². The van der Waals surface area contributed by atoms with Gasteiger partial charge in [-0.1, -0.05) is 29.8 Å². The average Bonchev–Trinajstić information content (AvgIpc) is 2.46. The molecule has 0 bridgehead atoms. The molecule has 0 saturated carbocycles. The smallest absolute Gasteiger partial charge is 0.143 e. The Hall–Kier alpha value is -1.26.